The Bertz CT molecular complexity index is 398. The van der Waals surface area contributed by atoms with Gasteiger partial charge in [0.1, 0.15) is 11.8 Å². The largest absolute Gasteiger partial charge is 0.383 e. The van der Waals surface area contributed by atoms with Crippen molar-refractivity contribution in [2.24, 2.45) is 0 Å². The molecule has 0 unspecified atom stereocenters. The van der Waals surface area contributed by atoms with Gasteiger partial charge in [-0.05, 0) is 0 Å². The van der Waals surface area contributed by atoms with Crippen molar-refractivity contribution in [3.63, 3.8) is 0 Å². The summed E-state index contributed by atoms with van der Waals surface area (Å²) in [5, 5.41) is 0. The number of fused-ring (bicyclic) bond motifs is 1. The molecule has 0 amide bonds. The summed E-state index contributed by atoms with van der Waals surface area (Å²) < 4.78 is 6.92. The number of hydrogen-bond donors (Lipinski definition) is 0. The highest BCUT2D eigenvalue weighted by molar-refractivity contribution is 5.68. The van der Waals surface area contributed by atoms with E-state index in [9.17, 15) is 0 Å². The van der Waals surface area contributed by atoms with E-state index in [0.29, 0.717) is 6.61 Å². The van der Waals surface area contributed by atoms with Crippen molar-refractivity contribution < 1.29 is 4.74 Å². The summed E-state index contributed by atoms with van der Waals surface area (Å²) in [6.07, 6.45) is 4.97. The van der Waals surface area contributed by atoms with Gasteiger partial charge in [0.25, 0.3) is 0 Å². The lowest BCUT2D eigenvalue weighted by Crippen LogP contribution is -2.03. The van der Waals surface area contributed by atoms with Gasteiger partial charge in [0.2, 0.25) is 0 Å². The maximum Gasteiger partial charge on any atom is 0.163 e. The van der Waals surface area contributed by atoms with Gasteiger partial charge in [-0.15, -0.1) is 0 Å². The standard InChI is InChI=1S/C8H10N4O/c1-13-3-2-12-6-11-7-4-9-5-10-8(7)12/h4-6H,2-3H2,1H3. The number of rotatable bonds is 3. The van der Waals surface area contributed by atoms with E-state index in [-0.39, 0.29) is 0 Å². The molecule has 5 nitrogen and oxygen atoms in total. The van der Waals surface area contributed by atoms with Crippen LogP contribution in [0.5, 0.6) is 0 Å². The molecule has 0 N–H and O–H groups in total. The smallest absolute Gasteiger partial charge is 0.163 e. The number of hydrogen-bond acceptors (Lipinski definition) is 4. The second kappa shape index (κ2) is 3.49. The summed E-state index contributed by atoms with van der Waals surface area (Å²) in [5.74, 6) is 0. The molecule has 0 aromatic carbocycles. The molecule has 0 spiro atoms. The minimum atomic E-state index is 0.662. The second-order valence-electron chi connectivity index (χ2n) is 2.66. The van der Waals surface area contributed by atoms with Gasteiger partial charge in [-0.3, -0.25) is 0 Å². The quantitative estimate of drug-likeness (QED) is 0.685. The topological polar surface area (TPSA) is 52.8 Å². The van der Waals surface area contributed by atoms with Gasteiger partial charge in [0.15, 0.2) is 5.65 Å². The summed E-state index contributed by atoms with van der Waals surface area (Å²) in [6.45, 7) is 1.43. The fourth-order valence-electron chi connectivity index (χ4n) is 1.17. The molecule has 0 aliphatic carbocycles. The number of methoxy groups -OCH3 is 1. The fraction of sp³-hybridized carbons (Fsp3) is 0.375. The Morgan fingerprint density at radius 2 is 2.38 bits per heavy atom. The van der Waals surface area contributed by atoms with Crippen LogP contribution in [0.2, 0.25) is 0 Å². The molecule has 0 atom stereocenters. The van der Waals surface area contributed by atoms with Crippen LogP contribution in [0.15, 0.2) is 18.9 Å². The van der Waals surface area contributed by atoms with Gasteiger partial charge in [-0.25, -0.2) is 15.0 Å². The van der Waals surface area contributed by atoms with Crippen LogP contribution >= 0.6 is 0 Å². The van der Waals surface area contributed by atoms with Crippen molar-refractivity contribution in [3.05, 3.63) is 18.9 Å². The molecular weight excluding hydrogens is 168 g/mol. The zero-order chi connectivity index (χ0) is 9.10. The van der Waals surface area contributed by atoms with Crippen molar-refractivity contribution in [1.82, 2.24) is 19.5 Å². The first-order valence-electron chi connectivity index (χ1n) is 4.01. The van der Waals surface area contributed by atoms with Gasteiger partial charge in [-0.1, -0.05) is 0 Å². The zero-order valence-corrected chi connectivity index (χ0v) is 7.34. The predicted octanol–water partition coefficient (Wildman–Crippen LogP) is 0.473. The summed E-state index contributed by atoms with van der Waals surface area (Å²) >= 11 is 0. The molecular formula is C8H10N4O. The average molecular weight is 178 g/mol. The van der Waals surface area contributed by atoms with Crippen molar-refractivity contribution in [1.29, 1.82) is 0 Å². The highest BCUT2D eigenvalue weighted by atomic mass is 16.5. The molecule has 0 aliphatic heterocycles. The van der Waals surface area contributed by atoms with Gasteiger partial charge in [-0.2, -0.15) is 0 Å². The lowest BCUT2D eigenvalue weighted by molar-refractivity contribution is 0.188. The number of aromatic nitrogens is 4. The van der Waals surface area contributed by atoms with Crippen LogP contribution in [-0.2, 0) is 11.3 Å². The van der Waals surface area contributed by atoms with E-state index in [4.69, 9.17) is 4.74 Å². The molecule has 2 rings (SSSR count). The third kappa shape index (κ3) is 1.50. The molecule has 2 aromatic heterocycles. The molecule has 0 fully saturated rings. The number of ether oxygens (including phenoxy) is 1. The van der Waals surface area contributed by atoms with Crippen molar-refractivity contribution >= 4 is 11.2 Å². The first-order chi connectivity index (χ1) is 6.42. The number of imidazole rings is 1. The average Bonchev–Trinajstić information content (AvgIpc) is 2.58. The van der Waals surface area contributed by atoms with E-state index < -0.39 is 0 Å². The monoisotopic (exact) mass is 178 g/mol. The Morgan fingerprint density at radius 1 is 1.46 bits per heavy atom. The summed E-state index contributed by atoms with van der Waals surface area (Å²) in [7, 11) is 1.67. The highest BCUT2D eigenvalue weighted by Crippen LogP contribution is 2.06. The molecule has 2 aromatic rings. The first-order valence-corrected chi connectivity index (χ1v) is 4.01. The Labute approximate surface area is 75.4 Å². The molecule has 0 radical (unpaired) electrons. The maximum atomic E-state index is 4.97. The Kier molecular flexibility index (Phi) is 2.18. The minimum absolute atomic E-state index is 0.662. The highest BCUT2D eigenvalue weighted by Gasteiger charge is 2.01. The Morgan fingerprint density at radius 3 is 3.23 bits per heavy atom. The molecule has 0 bridgehead atoms. The van der Waals surface area contributed by atoms with Crippen LogP contribution in [0.3, 0.4) is 0 Å². The van der Waals surface area contributed by atoms with Gasteiger partial charge >= 0.3 is 0 Å². The Balaban J connectivity index is 2.35. The maximum absolute atomic E-state index is 4.97. The SMILES string of the molecule is COCCn1cnc2cncnc21. The van der Waals surface area contributed by atoms with Crippen LogP contribution in [0.1, 0.15) is 0 Å². The van der Waals surface area contributed by atoms with E-state index in [1.54, 1.807) is 19.6 Å². The van der Waals surface area contributed by atoms with Crippen LogP contribution in [0, 0.1) is 0 Å². The Hall–Kier alpha value is -1.49. The fourth-order valence-corrected chi connectivity index (χ4v) is 1.17. The molecule has 0 saturated carbocycles. The van der Waals surface area contributed by atoms with Crippen molar-refractivity contribution in [2.75, 3.05) is 13.7 Å². The van der Waals surface area contributed by atoms with E-state index in [0.717, 1.165) is 17.7 Å². The van der Waals surface area contributed by atoms with E-state index in [2.05, 4.69) is 15.0 Å². The van der Waals surface area contributed by atoms with E-state index >= 15 is 0 Å². The third-order valence-electron chi connectivity index (χ3n) is 1.82. The zero-order valence-electron chi connectivity index (χ0n) is 7.34. The number of nitrogens with zero attached hydrogens (tertiary/aromatic N) is 4. The lowest BCUT2D eigenvalue weighted by atomic mass is 10.5. The van der Waals surface area contributed by atoms with Gasteiger partial charge in [0.05, 0.1) is 19.1 Å². The summed E-state index contributed by atoms with van der Waals surface area (Å²) in [4.78, 5) is 12.2. The minimum Gasteiger partial charge on any atom is -0.383 e. The molecule has 5 heteroatoms. The second-order valence-corrected chi connectivity index (χ2v) is 2.66. The van der Waals surface area contributed by atoms with Crippen LogP contribution in [-0.4, -0.2) is 33.2 Å². The normalized spacial score (nSPS) is 10.8. The van der Waals surface area contributed by atoms with Crippen molar-refractivity contribution in [2.45, 2.75) is 6.54 Å². The van der Waals surface area contributed by atoms with Crippen LogP contribution in [0.4, 0.5) is 0 Å². The first kappa shape index (κ1) is 8.12. The molecule has 13 heavy (non-hydrogen) atoms. The summed E-state index contributed by atoms with van der Waals surface area (Å²) in [6, 6.07) is 0. The van der Waals surface area contributed by atoms with Crippen molar-refractivity contribution in [3.8, 4) is 0 Å². The lowest BCUT2D eigenvalue weighted by Gasteiger charge is -2.00. The molecule has 0 saturated heterocycles. The predicted molar refractivity (Wildman–Crippen MR) is 47.2 cm³/mol. The molecule has 2 heterocycles. The molecule has 68 valence electrons. The van der Waals surface area contributed by atoms with Crippen LogP contribution in [0.25, 0.3) is 11.2 Å². The molecule has 0 aliphatic rings. The van der Waals surface area contributed by atoms with Gasteiger partial charge in [0, 0.05) is 13.7 Å². The summed E-state index contributed by atoms with van der Waals surface area (Å²) in [5.41, 5.74) is 1.67. The third-order valence-corrected chi connectivity index (χ3v) is 1.82. The van der Waals surface area contributed by atoms with E-state index in [1.165, 1.54) is 6.33 Å². The van der Waals surface area contributed by atoms with Gasteiger partial charge < -0.3 is 9.30 Å². The van der Waals surface area contributed by atoms with Crippen LogP contribution < -0.4 is 0 Å². The van der Waals surface area contributed by atoms with E-state index in [1.807, 2.05) is 4.57 Å².